The van der Waals surface area contributed by atoms with Crippen LogP contribution in [-0.2, 0) is 28.6 Å². The number of methoxy groups -OCH3 is 2. The smallest absolute Gasteiger partial charge is 0.351 e. The molecule has 0 atom stereocenters. The van der Waals surface area contributed by atoms with E-state index in [0.717, 1.165) is 11.1 Å². The molecule has 6 nitrogen and oxygen atoms in total. The SMILES string of the molecule is COC(=O)C=Cc1ccc(C=C2OC(=O)C(C(=O)OC)=C2c2ccccc2)cc1. The maximum atomic E-state index is 12.3. The average Bonchev–Trinajstić information content (AvgIpc) is 3.08. The van der Waals surface area contributed by atoms with Gasteiger partial charge in [-0.05, 0) is 28.8 Å². The van der Waals surface area contributed by atoms with Gasteiger partial charge in [-0.2, -0.15) is 0 Å². The molecule has 2 aromatic rings. The average molecular weight is 390 g/mol. The lowest BCUT2D eigenvalue weighted by Gasteiger charge is -2.06. The second-order valence-electron chi connectivity index (χ2n) is 6.03. The van der Waals surface area contributed by atoms with Crippen molar-refractivity contribution in [3.05, 3.63) is 88.7 Å². The standard InChI is InChI=1S/C23H18O6/c1-27-19(24)13-12-15-8-10-16(11-9-15)14-18-20(17-6-4-3-5-7-17)21(22(25)28-2)23(26)29-18/h3-14H,1-2H3. The Labute approximate surface area is 167 Å². The van der Waals surface area contributed by atoms with E-state index in [1.807, 2.05) is 6.07 Å². The topological polar surface area (TPSA) is 78.9 Å². The Kier molecular flexibility index (Phi) is 6.04. The van der Waals surface area contributed by atoms with Crippen molar-refractivity contribution in [3.8, 4) is 0 Å². The summed E-state index contributed by atoms with van der Waals surface area (Å²) in [6, 6.07) is 16.2. The molecule has 1 aliphatic heterocycles. The molecule has 0 saturated carbocycles. The van der Waals surface area contributed by atoms with Crippen LogP contribution < -0.4 is 0 Å². The van der Waals surface area contributed by atoms with Crippen molar-refractivity contribution in [1.82, 2.24) is 0 Å². The first-order chi connectivity index (χ1) is 14.0. The van der Waals surface area contributed by atoms with Gasteiger partial charge in [0, 0.05) is 11.6 Å². The highest BCUT2D eigenvalue weighted by molar-refractivity contribution is 6.25. The molecule has 3 rings (SSSR count). The molecule has 146 valence electrons. The lowest BCUT2D eigenvalue weighted by atomic mass is 9.98. The highest BCUT2D eigenvalue weighted by Crippen LogP contribution is 2.36. The molecule has 1 heterocycles. The van der Waals surface area contributed by atoms with E-state index in [2.05, 4.69) is 4.74 Å². The van der Waals surface area contributed by atoms with Crippen molar-refractivity contribution >= 4 is 35.6 Å². The number of esters is 3. The van der Waals surface area contributed by atoms with Gasteiger partial charge in [-0.1, -0.05) is 54.6 Å². The molecule has 0 saturated heterocycles. The Bertz CT molecular complexity index is 1030. The van der Waals surface area contributed by atoms with Crippen LogP contribution in [0.4, 0.5) is 0 Å². The molecule has 0 bridgehead atoms. The first-order valence-corrected chi connectivity index (χ1v) is 8.72. The second kappa shape index (κ2) is 8.84. The fourth-order valence-corrected chi connectivity index (χ4v) is 2.79. The Balaban J connectivity index is 1.98. The fourth-order valence-electron chi connectivity index (χ4n) is 2.79. The summed E-state index contributed by atoms with van der Waals surface area (Å²) in [5.41, 5.74) is 2.47. The summed E-state index contributed by atoms with van der Waals surface area (Å²) in [5, 5.41) is 0. The molecule has 0 N–H and O–H groups in total. The maximum absolute atomic E-state index is 12.3. The van der Waals surface area contributed by atoms with E-state index in [4.69, 9.17) is 9.47 Å². The second-order valence-corrected chi connectivity index (χ2v) is 6.03. The zero-order chi connectivity index (χ0) is 20.8. The molecular formula is C23H18O6. The molecular weight excluding hydrogens is 372 g/mol. The van der Waals surface area contributed by atoms with Crippen LogP contribution in [-0.4, -0.2) is 32.1 Å². The number of cyclic esters (lactones) is 1. The van der Waals surface area contributed by atoms with Gasteiger partial charge < -0.3 is 14.2 Å². The van der Waals surface area contributed by atoms with E-state index in [9.17, 15) is 14.4 Å². The monoisotopic (exact) mass is 390 g/mol. The molecule has 29 heavy (non-hydrogen) atoms. The van der Waals surface area contributed by atoms with Gasteiger partial charge in [-0.15, -0.1) is 0 Å². The third-order valence-corrected chi connectivity index (χ3v) is 4.20. The van der Waals surface area contributed by atoms with E-state index in [0.29, 0.717) is 11.1 Å². The van der Waals surface area contributed by atoms with Gasteiger partial charge in [0.2, 0.25) is 0 Å². The molecule has 0 aromatic heterocycles. The van der Waals surface area contributed by atoms with Crippen LogP contribution in [0, 0.1) is 0 Å². The predicted molar refractivity (Wildman–Crippen MR) is 107 cm³/mol. The third-order valence-electron chi connectivity index (χ3n) is 4.20. The van der Waals surface area contributed by atoms with Gasteiger partial charge in [-0.25, -0.2) is 14.4 Å². The van der Waals surface area contributed by atoms with Crippen LogP contribution in [0.25, 0.3) is 17.7 Å². The molecule has 0 radical (unpaired) electrons. The number of hydrogen-bond acceptors (Lipinski definition) is 6. The molecule has 0 amide bonds. The lowest BCUT2D eigenvalue weighted by molar-refractivity contribution is -0.142. The lowest BCUT2D eigenvalue weighted by Crippen LogP contribution is -2.12. The zero-order valence-electron chi connectivity index (χ0n) is 15.9. The minimum atomic E-state index is -0.750. The fraction of sp³-hybridized carbons (Fsp3) is 0.0870. The number of rotatable bonds is 5. The first-order valence-electron chi connectivity index (χ1n) is 8.72. The van der Waals surface area contributed by atoms with Crippen molar-refractivity contribution in [2.24, 2.45) is 0 Å². The van der Waals surface area contributed by atoms with Crippen LogP contribution in [0.2, 0.25) is 0 Å². The van der Waals surface area contributed by atoms with Crippen LogP contribution in [0.1, 0.15) is 16.7 Å². The molecule has 0 spiro atoms. The third kappa shape index (κ3) is 4.50. The van der Waals surface area contributed by atoms with E-state index in [1.165, 1.54) is 20.3 Å². The van der Waals surface area contributed by atoms with Gasteiger partial charge in [-0.3, -0.25) is 0 Å². The highest BCUT2D eigenvalue weighted by atomic mass is 16.6. The van der Waals surface area contributed by atoms with Gasteiger partial charge in [0.1, 0.15) is 5.76 Å². The molecule has 0 aliphatic carbocycles. The Morgan fingerprint density at radius 1 is 0.897 bits per heavy atom. The summed E-state index contributed by atoms with van der Waals surface area (Å²) >= 11 is 0. The van der Waals surface area contributed by atoms with E-state index in [-0.39, 0.29) is 11.3 Å². The van der Waals surface area contributed by atoms with E-state index in [1.54, 1.807) is 60.7 Å². The van der Waals surface area contributed by atoms with E-state index >= 15 is 0 Å². The summed E-state index contributed by atoms with van der Waals surface area (Å²) < 4.78 is 14.7. The van der Waals surface area contributed by atoms with Crippen LogP contribution >= 0.6 is 0 Å². The largest absolute Gasteiger partial charge is 0.466 e. The number of hydrogen-bond donors (Lipinski definition) is 0. The van der Waals surface area contributed by atoms with Crippen molar-refractivity contribution in [1.29, 1.82) is 0 Å². The molecule has 0 unspecified atom stereocenters. The van der Waals surface area contributed by atoms with Crippen LogP contribution in [0.3, 0.4) is 0 Å². The zero-order valence-corrected chi connectivity index (χ0v) is 15.9. The van der Waals surface area contributed by atoms with Gasteiger partial charge >= 0.3 is 17.9 Å². The minimum absolute atomic E-state index is 0.136. The minimum Gasteiger partial charge on any atom is -0.466 e. The molecule has 2 aromatic carbocycles. The van der Waals surface area contributed by atoms with Crippen molar-refractivity contribution < 1.29 is 28.6 Å². The summed E-state index contributed by atoms with van der Waals surface area (Å²) in [6.45, 7) is 0. The number of allylic oxidation sites excluding steroid dienone is 1. The van der Waals surface area contributed by atoms with Crippen molar-refractivity contribution in [3.63, 3.8) is 0 Å². The Morgan fingerprint density at radius 3 is 2.17 bits per heavy atom. The quantitative estimate of drug-likeness (QED) is 0.337. The van der Waals surface area contributed by atoms with Crippen LogP contribution in [0.15, 0.2) is 72.0 Å². The first kappa shape index (κ1) is 19.8. The van der Waals surface area contributed by atoms with Crippen molar-refractivity contribution in [2.75, 3.05) is 14.2 Å². The summed E-state index contributed by atoms with van der Waals surface area (Å²) in [6.07, 6.45) is 4.62. The Hall–Kier alpha value is -3.93. The van der Waals surface area contributed by atoms with Crippen LogP contribution in [0.5, 0.6) is 0 Å². The molecule has 1 aliphatic rings. The number of benzene rings is 2. The van der Waals surface area contributed by atoms with Gasteiger partial charge in [0.05, 0.1) is 14.2 Å². The molecule has 6 heteroatoms. The number of ether oxygens (including phenoxy) is 3. The predicted octanol–water partition coefficient (Wildman–Crippen LogP) is 3.40. The van der Waals surface area contributed by atoms with Gasteiger partial charge in [0.15, 0.2) is 5.57 Å². The normalized spacial score (nSPS) is 15.0. The van der Waals surface area contributed by atoms with Crippen molar-refractivity contribution in [2.45, 2.75) is 0 Å². The summed E-state index contributed by atoms with van der Waals surface area (Å²) in [5.74, 6) is -1.68. The summed E-state index contributed by atoms with van der Waals surface area (Å²) in [7, 11) is 2.53. The Morgan fingerprint density at radius 2 is 1.55 bits per heavy atom. The number of carbonyl (C=O) groups is 3. The van der Waals surface area contributed by atoms with E-state index < -0.39 is 17.9 Å². The van der Waals surface area contributed by atoms with Gasteiger partial charge in [0.25, 0.3) is 0 Å². The number of carbonyl (C=O) groups excluding carboxylic acids is 3. The summed E-state index contributed by atoms with van der Waals surface area (Å²) in [4.78, 5) is 35.6. The maximum Gasteiger partial charge on any atom is 0.351 e. The molecule has 0 fully saturated rings. The highest BCUT2D eigenvalue weighted by Gasteiger charge is 2.36.